The van der Waals surface area contributed by atoms with E-state index in [-0.39, 0.29) is 5.91 Å². The lowest BCUT2D eigenvalue weighted by atomic mass is 10.2. The number of aromatic nitrogens is 3. The van der Waals surface area contributed by atoms with Crippen molar-refractivity contribution in [1.82, 2.24) is 19.0 Å². The molecule has 0 unspecified atom stereocenters. The zero-order chi connectivity index (χ0) is 15.9. The summed E-state index contributed by atoms with van der Waals surface area (Å²) in [5.41, 5.74) is 2.19. The lowest BCUT2D eigenvalue weighted by molar-refractivity contribution is 0.0947. The van der Waals surface area contributed by atoms with Crippen molar-refractivity contribution in [3.8, 4) is 5.75 Å². The van der Waals surface area contributed by atoms with Crippen LogP contribution >= 0.6 is 11.7 Å². The quantitative estimate of drug-likeness (QED) is 0.753. The summed E-state index contributed by atoms with van der Waals surface area (Å²) < 4.78 is 13.4. The Hall–Kier alpha value is -2.80. The maximum absolute atomic E-state index is 11.8. The third kappa shape index (κ3) is 4.33. The molecule has 116 valence electrons. The minimum absolute atomic E-state index is 0.228. The van der Waals surface area contributed by atoms with E-state index in [1.165, 1.54) is 6.20 Å². The highest BCUT2D eigenvalue weighted by molar-refractivity contribution is 6.99. The number of hydrogen-bond acceptors (Lipinski definition) is 6. The third-order valence-electron chi connectivity index (χ3n) is 3.08. The van der Waals surface area contributed by atoms with Gasteiger partial charge >= 0.3 is 0 Å². The Labute approximate surface area is 137 Å². The molecule has 2 heterocycles. The number of carbonyl (C=O) groups excluding carboxylic acids is 1. The van der Waals surface area contributed by atoms with E-state index in [1.807, 2.05) is 42.5 Å². The summed E-state index contributed by atoms with van der Waals surface area (Å²) in [5, 5.41) is 2.79. The summed E-state index contributed by atoms with van der Waals surface area (Å²) in [6, 6.07) is 13.3. The Morgan fingerprint density at radius 3 is 2.74 bits per heavy atom. The second-order valence-electron chi connectivity index (χ2n) is 4.73. The molecule has 0 radical (unpaired) electrons. The van der Waals surface area contributed by atoms with Gasteiger partial charge in [0.15, 0.2) is 5.69 Å². The highest BCUT2D eigenvalue weighted by atomic mass is 32.1. The number of nitrogens with one attached hydrogen (secondary N) is 1. The normalized spacial score (nSPS) is 10.3. The van der Waals surface area contributed by atoms with E-state index in [0.717, 1.165) is 28.7 Å². The van der Waals surface area contributed by atoms with Crippen LogP contribution in [0.15, 0.2) is 54.9 Å². The molecule has 2 aromatic heterocycles. The van der Waals surface area contributed by atoms with Gasteiger partial charge in [0.2, 0.25) is 0 Å². The van der Waals surface area contributed by atoms with Gasteiger partial charge in [0.05, 0.1) is 23.6 Å². The Morgan fingerprint density at radius 2 is 2.04 bits per heavy atom. The van der Waals surface area contributed by atoms with Gasteiger partial charge in [-0.15, -0.1) is 0 Å². The Morgan fingerprint density at radius 1 is 1.17 bits per heavy atom. The van der Waals surface area contributed by atoms with Crippen molar-refractivity contribution in [2.45, 2.75) is 13.2 Å². The number of nitrogens with zero attached hydrogens (tertiary/aromatic N) is 3. The SMILES string of the molecule is O=C(NCc1ccc(OCc2ccccn2)cc1)c1cnsn1. The van der Waals surface area contributed by atoms with E-state index < -0.39 is 0 Å². The number of hydrogen-bond donors (Lipinski definition) is 1. The van der Waals surface area contributed by atoms with E-state index in [9.17, 15) is 4.79 Å². The Balaban J connectivity index is 1.50. The van der Waals surface area contributed by atoms with Crippen molar-refractivity contribution in [3.63, 3.8) is 0 Å². The van der Waals surface area contributed by atoms with Gasteiger partial charge in [-0.2, -0.15) is 8.75 Å². The predicted octanol–water partition coefficient (Wildman–Crippen LogP) is 2.44. The smallest absolute Gasteiger partial charge is 0.272 e. The second kappa shape index (κ2) is 7.46. The number of pyridine rings is 1. The number of amides is 1. The van der Waals surface area contributed by atoms with E-state index in [1.54, 1.807) is 6.20 Å². The number of ether oxygens (including phenoxy) is 1. The van der Waals surface area contributed by atoms with Crippen LogP contribution < -0.4 is 10.1 Å². The molecule has 3 aromatic rings. The van der Waals surface area contributed by atoms with Gasteiger partial charge in [-0.05, 0) is 29.8 Å². The van der Waals surface area contributed by atoms with Crippen LogP contribution in [0.3, 0.4) is 0 Å². The van der Waals surface area contributed by atoms with E-state index in [0.29, 0.717) is 18.8 Å². The third-order valence-corrected chi connectivity index (χ3v) is 3.56. The van der Waals surface area contributed by atoms with Crippen molar-refractivity contribution in [2.75, 3.05) is 0 Å². The standard InChI is InChI=1S/C16H14N4O2S/c21-16(15-10-19-23-20-15)18-9-12-4-6-14(7-5-12)22-11-13-3-1-2-8-17-13/h1-8,10H,9,11H2,(H,18,21). The lowest BCUT2D eigenvalue weighted by Crippen LogP contribution is -2.22. The molecule has 0 aliphatic heterocycles. The van der Waals surface area contributed by atoms with Crippen molar-refractivity contribution in [3.05, 3.63) is 71.8 Å². The van der Waals surface area contributed by atoms with E-state index in [2.05, 4.69) is 19.0 Å². The van der Waals surface area contributed by atoms with Crippen molar-refractivity contribution in [1.29, 1.82) is 0 Å². The first-order valence-corrected chi connectivity index (χ1v) is 7.72. The molecule has 0 bridgehead atoms. The van der Waals surface area contributed by atoms with Gasteiger partial charge in [-0.3, -0.25) is 9.78 Å². The van der Waals surface area contributed by atoms with E-state index in [4.69, 9.17) is 4.74 Å². The zero-order valence-electron chi connectivity index (χ0n) is 12.2. The van der Waals surface area contributed by atoms with Crippen LogP contribution in [-0.2, 0) is 13.2 Å². The highest BCUT2D eigenvalue weighted by Crippen LogP contribution is 2.13. The average Bonchev–Trinajstić information content (AvgIpc) is 3.14. The molecule has 0 saturated heterocycles. The summed E-state index contributed by atoms with van der Waals surface area (Å²) >= 11 is 1.01. The van der Waals surface area contributed by atoms with Crippen molar-refractivity contribution < 1.29 is 9.53 Å². The molecule has 6 nitrogen and oxygen atoms in total. The maximum Gasteiger partial charge on any atom is 0.272 e. The molecular formula is C16H14N4O2S. The molecule has 0 aliphatic rings. The molecule has 0 spiro atoms. The van der Waals surface area contributed by atoms with Crippen molar-refractivity contribution in [2.24, 2.45) is 0 Å². The molecule has 0 aliphatic carbocycles. The topological polar surface area (TPSA) is 77.0 Å². The van der Waals surface area contributed by atoms with Gasteiger partial charge in [0.25, 0.3) is 5.91 Å². The minimum Gasteiger partial charge on any atom is -0.487 e. The average molecular weight is 326 g/mol. The molecule has 23 heavy (non-hydrogen) atoms. The first-order valence-electron chi connectivity index (χ1n) is 6.99. The van der Waals surface area contributed by atoms with Crippen LogP contribution in [-0.4, -0.2) is 19.6 Å². The first kappa shape index (κ1) is 15.1. The van der Waals surface area contributed by atoms with Gasteiger partial charge < -0.3 is 10.1 Å². The molecule has 1 N–H and O–H groups in total. The van der Waals surface area contributed by atoms with Crippen LogP contribution in [0.4, 0.5) is 0 Å². The lowest BCUT2D eigenvalue weighted by Gasteiger charge is -2.07. The van der Waals surface area contributed by atoms with E-state index >= 15 is 0 Å². The fraction of sp³-hybridized carbons (Fsp3) is 0.125. The highest BCUT2D eigenvalue weighted by Gasteiger charge is 2.07. The van der Waals surface area contributed by atoms with Gasteiger partial charge in [-0.1, -0.05) is 18.2 Å². The van der Waals surface area contributed by atoms with Crippen LogP contribution in [0.2, 0.25) is 0 Å². The van der Waals surface area contributed by atoms with Gasteiger partial charge in [-0.25, -0.2) is 0 Å². The minimum atomic E-state index is -0.228. The van der Waals surface area contributed by atoms with Crippen LogP contribution in [0.5, 0.6) is 5.75 Å². The summed E-state index contributed by atoms with van der Waals surface area (Å²) in [6.07, 6.45) is 3.19. The number of benzene rings is 1. The van der Waals surface area contributed by atoms with Crippen LogP contribution in [0.1, 0.15) is 21.7 Å². The number of rotatable bonds is 6. The van der Waals surface area contributed by atoms with Crippen LogP contribution in [0.25, 0.3) is 0 Å². The number of carbonyl (C=O) groups is 1. The molecular weight excluding hydrogens is 312 g/mol. The fourth-order valence-electron chi connectivity index (χ4n) is 1.88. The predicted molar refractivity (Wildman–Crippen MR) is 86.1 cm³/mol. The zero-order valence-corrected chi connectivity index (χ0v) is 13.0. The first-order chi connectivity index (χ1) is 11.3. The Bertz CT molecular complexity index is 746. The van der Waals surface area contributed by atoms with Gasteiger partial charge in [0, 0.05) is 12.7 Å². The molecule has 7 heteroatoms. The summed E-state index contributed by atoms with van der Waals surface area (Å²) in [4.78, 5) is 16.0. The summed E-state index contributed by atoms with van der Waals surface area (Å²) in [6.45, 7) is 0.852. The Kier molecular flexibility index (Phi) is 4.90. The van der Waals surface area contributed by atoms with Crippen LogP contribution in [0, 0.1) is 0 Å². The molecule has 0 atom stereocenters. The monoisotopic (exact) mass is 326 g/mol. The van der Waals surface area contributed by atoms with Gasteiger partial charge in [0.1, 0.15) is 12.4 Å². The summed E-state index contributed by atoms with van der Waals surface area (Å²) in [5.74, 6) is 0.531. The molecule has 3 rings (SSSR count). The molecule has 1 amide bonds. The largest absolute Gasteiger partial charge is 0.487 e. The van der Waals surface area contributed by atoms with Crippen molar-refractivity contribution >= 4 is 17.6 Å². The molecule has 1 aromatic carbocycles. The fourth-order valence-corrected chi connectivity index (χ4v) is 2.29. The summed E-state index contributed by atoms with van der Waals surface area (Å²) in [7, 11) is 0. The second-order valence-corrected chi connectivity index (χ2v) is 5.29. The molecule has 0 fully saturated rings. The molecule has 0 saturated carbocycles. The maximum atomic E-state index is 11.8.